The molecule has 0 spiro atoms. The quantitative estimate of drug-likeness (QED) is 0.129. The molecule has 0 amide bonds. The summed E-state index contributed by atoms with van der Waals surface area (Å²) in [6.45, 7) is 17.3. The number of thiazole rings is 4. The molecule has 384 valence electrons. The number of hydrogen-bond donors (Lipinski definition) is 0. The van der Waals surface area contributed by atoms with E-state index in [1.807, 2.05) is 172 Å². The van der Waals surface area contributed by atoms with Crippen molar-refractivity contribution in [2.75, 3.05) is 0 Å². The van der Waals surface area contributed by atoms with E-state index >= 15 is 0 Å². The van der Waals surface area contributed by atoms with Gasteiger partial charge >= 0.3 is 6.39 Å². The van der Waals surface area contributed by atoms with Crippen molar-refractivity contribution < 1.29 is 35.8 Å². The van der Waals surface area contributed by atoms with Gasteiger partial charge in [-0.2, -0.15) is 9.13 Å². The molecule has 0 unspecified atom stereocenters. The van der Waals surface area contributed by atoms with Gasteiger partial charge in [-0.15, -0.1) is 34.0 Å². The van der Waals surface area contributed by atoms with Crippen molar-refractivity contribution in [3.8, 4) is 0 Å². The molecule has 0 N–H and O–H groups in total. The topological polar surface area (TPSA) is 208 Å². The second kappa shape index (κ2) is 42.6. The molecule has 12 rings (SSSR count). The van der Waals surface area contributed by atoms with E-state index in [0.29, 0.717) is 0 Å². The number of oxazole rings is 4. The molecular formula is C49H64N12O6S5+2. The number of nitrogens with zero attached hydrogens (tertiary/aromatic N) is 12. The van der Waals surface area contributed by atoms with Crippen LogP contribution in [0.2, 0.25) is 0 Å². The third-order valence-corrected chi connectivity index (χ3v) is 10.5. The van der Waals surface area contributed by atoms with Gasteiger partial charge in [0.25, 0.3) is 0 Å². The van der Waals surface area contributed by atoms with Crippen LogP contribution in [0.3, 0.4) is 0 Å². The van der Waals surface area contributed by atoms with Gasteiger partial charge < -0.3 is 31.3 Å². The van der Waals surface area contributed by atoms with Gasteiger partial charge in [0, 0.05) is 83.3 Å². The van der Waals surface area contributed by atoms with E-state index in [-0.39, 0.29) is 0 Å². The van der Waals surface area contributed by atoms with Gasteiger partial charge in [-0.1, -0.05) is 21.7 Å². The van der Waals surface area contributed by atoms with Crippen LogP contribution in [-0.2, 0) is 21.1 Å². The summed E-state index contributed by atoms with van der Waals surface area (Å²) in [5.74, 6) is 2.43. The van der Waals surface area contributed by atoms with Crippen molar-refractivity contribution in [3.05, 3.63) is 218 Å². The number of aromatic nitrogens is 12. The minimum atomic E-state index is 0.718. The van der Waals surface area contributed by atoms with E-state index in [9.17, 15) is 0 Å². The van der Waals surface area contributed by atoms with Crippen LogP contribution in [0.5, 0.6) is 0 Å². The van der Waals surface area contributed by atoms with Crippen LogP contribution in [0.1, 0.15) is 49.3 Å². The Morgan fingerprint density at radius 2 is 1.25 bits per heavy atom. The first-order valence-electron chi connectivity index (χ1n) is 21.3. The van der Waals surface area contributed by atoms with Crippen molar-refractivity contribution in [1.82, 2.24) is 49.2 Å². The van der Waals surface area contributed by atoms with Gasteiger partial charge in [-0.25, -0.2) is 19.3 Å². The normalized spacial score (nSPS) is 8.83. The zero-order valence-corrected chi connectivity index (χ0v) is 46.6. The van der Waals surface area contributed by atoms with Gasteiger partial charge in [0.05, 0.1) is 51.4 Å². The molecule has 18 nitrogen and oxygen atoms in total. The Labute approximate surface area is 441 Å². The van der Waals surface area contributed by atoms with Crippen molar-refractivity contribution in [2.45, 2.75) is 62.3 Å². The second-order valence-electron chi connectivity index (χ2n) is 13.7. The third-order valence-electron chi connectivity index (χ3n) is 6.99. The first-order valence-corrected chi connectivity index (χ1v) is 25.7. The highest BCUT2D eigenvalue weighted by Gasteiger charge is 1.85. The summed E-state index contributed by atoms with van der Waals surface area (Å²) in [5.41, 5.74) is 8.66. The van der Waals surface area contributed by atoms with Crippen LogP contribution in [0.15, 0.2) is 196 Å². The average Bonchev–Trinajstić information content (AvgIpc) is 4.18. The molecule has 0 aliphatic heterocycles. The number of hydrogen-bond acceptors (Lipinski definition) is 20. The lowest BCUT2D eigenvalue weighted by atomic mass is 10.5. The highest BCUT2D eigenvalue weighted by molar-refractivity contribution is 7.09. The molecule has 12 heterocycles. The first kappa shape index (κ1) is 62.7. The lowest BCUT2D eigenvalue weighted by molar-refractivity contribution is -0.674. The van der Waals surface area contributed by atoms with Gasteiger partial charge in [-0.3, -0.25) is 15.0 Å². The lowest BCUT2D eigenvalue weighted by Gasteiger charge is -1.79. The molecule has 0 bridgehead atoms. The molecule has 0 saturated carbocycles. The molecule has 0 aliphatic rings. The highest BCUT2D eigenvalue weighted by atomic mass is 32.1. The predicted octanol–water partition coefficient (Wildman–Crippen LogP) is 12.4. The van der Waals surface area contributed by atoms with E-state index in [1.54, 1.807) is 127 Å². The lowest BCUT2D eigenvalue weighted by Crippen LogP contribution is -2.22. The maximum absolute atomic E-state index is 4.72. The molecule has 12 aromatic heterocycles. The molecule has 0 aromatic carbocycles. The standard InChI is InChI=1S/C5H7N.2C4H5NO.C4H6NO.3C4H5NO.2C4H5NS.C4H6NS.2C4H5NS/c1-6-4-2-3-5-6;2*1-4-2-6-3-5-4;1-5-2-3-6-4-5;1-4-5-2-3-6-4;2*1-4-2-3-5-6-4;1-4-2-6-3-5-4;1-4-2-5-3-6-4;1-5-2-3-6-4-5;1-4-5-2-3-6-4;1-4-2-3-5-6-4/h2-5H,1H3;2*2-3H,1H3;2-4H,1H3;5*2-3H,1H3;2-4H,1H3;2*2-3H,1H3/q;;;+1;;;;;;+1;;. The Morgan fingerprint density at radius 3 is 1.39 bits per heavy atom. The molecule has 12 aromatic rings. The van der Waals surface area contributed by atoms with Crippen molar-refractivity contribution in [3.63, 3.8) is 0 Å². The zero-order valence-electron chi connectivity index (χ0n) is 42.5. The summed E-state index contributed by atoms with van der Waals surface area (Å²) < 4.78 is 37.5. The smallest absolute Gasteiger partial charge is 0.334 e. The highest BCUT2D eigenvalue weighted by Crippen LogP contribution is 2.01. The Kier molecular flexibility index (Phi) is 37.1. The van der Waals surface area contributed by atoms with Crippen molar-refractivity contribution >= 4 is 56.9 Å². The summed E-state index contributed by atoms with van der Waals surface area (Å²) in [4.78, 5) is 25.5. The molecule has 0 saturated heterocycles. The fourth-order valence-electron chi connectivity index (χ4n) is 3.54. The van der Waals surface area contributed by atoms with Crippen LogP contribution in [-0.4, -0.2) is 49.2 Å². The molecule has 23 heteroatoms. The molecule has 0 radical (unpaired) electrons. The van der Waals surface area contributed by atoms with Crippen LogP contribution >= 0.6 is 56.9 Å². The summed E-state index contributed by atoms with van der Waals surface area (Å²) >= 11 is 8.19. The van der Waals surface area contributed by atoms with E-state index in [1.165, 1.54) is 34.1 Å². The van der Waals surface area contributed by atoms with E-state index in [0.717, 1.165) is 39.5 Å². The fourth-order valence-corrected chi connectivity index (χ4v) is 5.94. The summed E-state index contributed by atoms with van der Waals surface area (Å²) in [5, 5.41) is 14.1. The van der Waals surface area contributed by atoms with E-state index in [2.05, 4.69) is 66.9 Å². The maximum atomic E-state index is 4.72. The first-order chi connectivity index (χ1) is 34.7. The second-order valence-corrected chi connectivity index (χ2v) is 18.4. The molecule has 0 fully saturated rings. The monoisotopic (exact) mass is 1080 g/mol. The number of aryl methyl sites for hydroxylation is 12. The minimum absolute atomic E-state index is 0.718. The van der Waals surface area contributed by atoms with Gasteiger partial charge in [0.1, 0.15) is 44.4 Å². The van der Waals surface area contributed by atoms with Gasteiger partial charge in [-0.05, 0) is 85.1 Å². The largest absolute Gasteiger partial charge is 0.452 e. The zero-order chi connectivity index (χ0) is 52.9. The van der Waals surface area contributed by atoms with Crippen LogP contribution < -0.4 is 9.13 Å². The average molecular weight is 1080 g/mol. The minimum Gasteiger partial charge on any atom is -0.452 e. The van der Waals surface area contributed by atoms with Gasteiger partial charge in [0.15, 0.2) is 31.1 Å². The van der Waals surface area contributed by atoms with Crippen molar-refractivity contribution in [2.24, 2.45) is 21.1 Å². The molecule has 0 aliphatic carbocycles. The summed E-state index contributed by atoms with van der Waals surface area (Å²) in [7, 11) is 5.92. The molecule has 72 heavy (non-hydrogen) atoms. The predicted molar refractivity (Wildman–Crippen MR) is 284 cm³/mol. The third kappa shape index (κ3) is 40.6. The van der Waals surface area contributed by atoms with Crippen molar-refractivity contribution in [1.29, 1.82) is 0 Å². The Morgan fingerprint density at radius 1 is 0.583 bits per heavy atom. The summed E-state index contributed by atoms with van der Waals surface area (Å²) in [6, 6.07) is 9.60. The Balaban J connectivity index is 0.000000393. The van der Waals surface area contributed by atoms with Crippen LogP contribution in [0.25, 0.3) is 0 Å². The maximum Gasteiger partial charge on any atom is 0.334 e. The van der Waals surface area contributed by atoms with E-state index in [4.69, 9.17) is 4.42 Å². The Hall–Kier alpha value is -7.31. The summed E-state index contributed by atoms with van der Waals surface area (Å²) in [6.07, 6.45) is 29.0. The Bertz CT molecular complexity index is 2040. The number of rotatable bonds is 0. The van der Waals surface area contributed by atoms with E-state index < -0.39 is 0 Å². The molecule has 0 atom stereocenters. The molecular weight excluding hydrogens is 1010 g/mol. The fraction of sp³-hybridized carbons (Fsp3) is 0.245. The van der Waals surface area contributed by atoms with Crippen LogP contribution in [0.4, 0.5) is 0 Å². The van der Waals surface area contributed by atoms with Crippen LogP contribution in [0, 0.1) is 62.3 Å². The van der Waals surface area contributed by atoms with Gasteiger partial charge in [0.2, 0.25) is 11.7 Å². The SMILES string of the molecule is C[n+]1ccoc1.C[n+]1ccsc1.Cc1ccno1.Cc1ccno1.Cc1ccns1.Cc1cncs1.Cc1cocn1.Cc1cocn1.Cc1cscn1.Cc1ncco1.Cc1nccs1.Cn1cccc1.